The Hall–Kier alpha value is -2.07. The third-order valence-corrected chi connectivity index (χ3v) is 4.03. The van der Waals surface area contributed by atoms with Crippen LogP contribution >= 0.6 is 11.3 Å². The van der Waals surface area contributed by atoms with Crippen molar-refractivity contribution in [3.8, 4) is 0 Å². The zero-order chi connectivity index (χ0) is 13.4. The highest BCUT2D eigenvalue weighted by atomic mass is 32.1. The van der Waals surface area contributed by atoms with E-state index in [0.29, 0.717) is 5.69 Å². The summed E-state index contributed by atoms with van der Waals surface area (Å²) in [5, 5.41) is 4.97. The zero-order valence-corrected chi connectivity index (χ0v) is 11.6. The van der Waals surface area contributed by atoms with Crippen LogP contribution in [-0.2, 0) is 7.05 Å². The van der Waals surface area contributed by atoms with Gasteiger partial charge in [0, 0.05) is 12.7 Å². The molecule has 4 heteroatoms. The fourth-order valence-electron chi connectivity index (χ4n) is 2.19. The minimum atomic E-state index is -0.0727. The number of nitrogens with one attached hydrogen (secondary N) is 1. The molecule has 1 amide bonds. The Kier molecular flexibility index (Phi) is 2.87. The number of hydrogen-bond acceptors (Lipinski definition) is 2. The predicted molar refractivity (Wildman–Crippen MR) is 79.9 cm³/mol. The summed E-state index contributed by atoms with van der Waals surface area (Å²) in [5.41, 5.74) is 3.74. The summed E-state index contributed by atoms with van der Waals surface area (Å²) in [4.78, 5) is 12.3. The molecule has 0 spiro atoms. The molecule has 19 heavy (non-hydrogen) atoms. The highest BCUT2D eigenvalue weighted by Gasteiger charge is 2.14. The topological polar surface area (TPSA) is 34.0 Å². The highest BCUT2D eigenvalue weighted by Crippen LogP contribution is 2.24. The number of aromatic nitrogens is 1. The quantitative estimate of drug-likeness (QED) is 0.755. The van der Waals surface area contributed by atoms with Crippen LogP contribution in [0.25, 0.3) is 10.2 Å². The molecule has 0 saturated heterocycles. The second kappa shape index (κ2) is 4.55. The summed E-state index contributed by atoms with van der Waals surface area (Å²) in [6.45, 7) is 2.01. The van der Waals surface area contributed by atoms with Crippen molar-refractivity contribution in [2.45, 2.75) is 6.92 Å². The van der Waals surface area contributed by atoms with Gasteiger partial charge < -0.3 is 9.88 Å². The molecule has 0 bridgehead atoms. The number of hydrogen-bond donors (Lipinski definition) is 1. The van der Waals surface area contributed by atoms with E-state index in [1.807, 2.05) is 60.3 Å². The molecule has 1 N–H and O–H groups in total. The van der Waals surface area contributed by atoms with Gasteiger partial charge in [0.2, 0.25) is 0 Å². The van der Waals surface area contributed by atoms with E-state index < -0.39 is 0 Å². The van der Waals surface area contributed by atoms with Crippen molar-refractivity contribution in [3.63, 3.8) is 0 Å². The molecule has 0 aliphatic heterocycles. The third kappa shape index (κ3) is 2.15. The van der Waals surface area contributed by atoms with Crippen LogP contribution in [-0.4, -0.2) is 10.5 Å². The lowest BCUT2D eigenvalue weighted by Gasteiger charge is -2.07. The van der Waals surface area contributed by atoms with E-state index in [1.165, 1.54) is 0 Å². The number of carbonyl (C=O) groups is 1. The molecular weight excluding hydrogens is 256 g/mol. The normalized spacial score (nSPS) is 10.8. The number of rotatable bonds is 2. The zero-order valence-electron chi connectivity index (χ0n) is 10.8. The van der Waals surface area contributed by atoms with Gasteiger partial charge in [0.1, 0.15) is 5.69 Å². The second-order valence-electron chi connectivity index (χ2n) is 4.58. The number of carbonyl (C=O) groups excluding carboxylic acids is 1. The molecule has 0 aliphatic carbocycles. The molecule has 3 nitrogen and oxygen atoms in total. The Balaban J connectivity index is 1.91. The smallest absolute Gasteiger partial charge is 0.272 e. The van der Waals surface area contributed by atoms with E-state index in [9.17, 15) is 4.79 Å². The molecule has 2 aromatic heterocycles. The monoisotopic (exact) mass is 270 g/mol. The summed E-state index contributed by atoms with van der Waals surface area (Å²) in [6, 6.07) is 11.8. The van der Waals surface area contributed by atoms with Gasteiger partial charge in [0.15, 0.2) is 0 Å². The molecule has 0 fully saturated rings. The lowest BCUT2D eigenvalue weighted by Crippen LogP contribution is -2.15. The van der Waals surface area contributed by atoms with Crippen LogP contribution in [0.3, 0.4) is 0 Å². The van der Waals surface area contributed by atoms with Crippen LogP contribution in [0.15, 0.2) is 41.8 Å². The number of anilines is 1. The minimum absolute atomic E-state index is 0.0727. The molecule has 3 rings (SSSR count). The van der Waals surface area contributed by atoms with Crippen LogP contribution < -0.4 is 5.32 Å². The highest BCUT2D eigenvalue weighted by molar-refractivity contribution is 7.17. The van der Waals surface area contributed by atoms with Crippen molar-refractivity contribution in [2.75, 3.05) is 5.32 Å². The molecule has 0 saturated carbocycles. The van der Waals surface area contributed by atoms with Gasteiger partial charge in [-0.15, -0.1) is 11.3 Å². The second-order valence-corrected chi connectivity index (χ2v) is 5.53. The SMILES string of the molecule is Cc1cccc(NC(=O)c2cc3sccc3n2C)c1. The minimum Gasteiger partial charge on any atom is -0.339 e. The predicted octanol–water partition coefficient (Wildman–Crippen LogP) is 3.80. The molecule has 0 atom stereocenters. The Morgan fingerprint density at radius 2 is 2.11 bits per heavy atom. The van der Waals surface area contributed by atoms with E-state index in [1.54, 1.807) is 11.3 Å². The maximum Gasteiger partial charge on any atom is 0.272 e. The van der Waals surface area contributed by atoms with Crippen molar-refractivity contribution < 1.29 is 4.79 Å². The van der Waals surface area contributed by atoms with E-state index >= 15 is 0 Å². The van der Waals surface area contributed by atoms with Crippen LogP contribution in [0.5, 0.6) is 0 Å². The Labute approximate surface area is 115 Å². The fraction of sp³-hybridized carbons (Fsp3) is 0.133. The molecule has 0 radical (unpaired) electrons. The number of aryl methyl sites for hydroxylation is 2. The molecular formula is C15H14N2OS. The first-order valence-corrected chi connectivity index (χ1v) is 6.94. The third-order valence-electron chi connectivity index (χ3n) is 3.17. The van der Waals surface area contributed by atoms with E-state index in [4.69, 9.17) is 0 Å². The number of amides is 1. The van der Waals surface area contributed by atoms with E-state index in [0.717, 1.165) is 21.5 Å². The van der Waals surface area contributed by atoms with E-state index in [-0.39, 0.29) is 5.91 Å². The number of fused-ring (bicyclic) bond motifs is 1. The molecule has 2 heterocycles. The summed E-state index contributed by atoms with van der Waals surface area (Å²) in [7, 11) is 1.92. The van der Waals surface area contributed by atoms with Crippen LogP contribution in [0, 0.1) is 6.92 Å². The van der Waals surface area contributed by atoms with Crippen molar-refractivity contribution in [1.29, 1.82) is 0 Å². The van der Waals surface area contributed by atoms with Gasteiger partial charge in [-0.25, -0.2) is 0 Å². The first-order valence-electron chi connectivity index (χ1n) is 6.06. The first kappa shape index (κ1) is 12.0. The van der Waals surface area contributed by atoms with Crippen molar-refractivity contribution in [1.82, 2.24) is 4.57 Å². The van der Waals surface area contributed by atoms with Gasteiger partial charge >= 0.3 is 0 Å². The molecule has 0 unspecified atom stereocenters. The van der Waals surface area contributed by atoms with Crippen LogP contribution in [0.1, 0.15) is 16.1 Å². The molecule has 3 aromatic rings. The summed E-state index contributed by atoms with van der Waals surface area (Å²) >= 11 is 1.65. The van der Waals surface area contributed by atoms with Gasteiger partial charge in [-0.05, 0) is 42.1 Å². The van der Waals surface area contributed by atoms with Crippen LogP contribution in [0.2, 0.25) is 0 Å². The molecule has 1 aromatic carbocycles. The Morgan fingerprint density at radius 1 is 1.26 bits per heavy atom. The summed E-state index contributed by atoms with van der Waals surface area (Å²) < 4.78 is 3.06. The Morgan fingerprint density at radius 3 is 2.84 bits per heavy atom. The van der Waals surface area contributed by atoms with E-state index in [2.05, 4.69) is 5.32 Å². The average Bonchev–Trinajstić information content (AvgIpc) is 2.93. The van der Waals surface area contributed by atoms with Gasteiger partial charge in [-0.3, -0.25) is 4.79 Å². The van der Waals surface area contributed by atoms with Gasteiger partial charge in [-0.1, -0.05) is 12.1 Å². The number of nitrogens with zero attached hydrogens (tertiary/aromatic N) is 1. The Bertz CT molecular complexity index is 754. The van der Waals surface area contributed by atoms with Gasteiger partial charge in [-0.2, -0.15) is 0 Å². The van der Waals surface area contributed by atoms with Crippen molar-refractivity contribution in [2.24, 2.45) is 7.05 Å². The molecule has 0 aliphatic rings. The van der Waals surface area contributed by atoms with Gasteiger partial charge in [0.25, 0.3) is 5.91 Å². The maximum absolute atomic E-state index is 12.3. The fourth-order valence-corrected chi connectivity index (χ4v) is 3.03. The lowest BCUT2D eigenvalue weighted by molar-refractivity contribution is 0.102. The largest absolute Gasteiger partial charge is 0.339 e. The van der Waals surface area contributed by atoms with Gasteiger partial charge in [0.05, 0.1) is 10.2 Å². The van der Waals surface area contributed by atoms with Crippen molar-refractivity contribution in [3.05, 3.63) is 53.0 Å². The summed E-state index contributed by atoms with van der Waals surface area (Å²) in [5.74, 6) is -0.0727. The van der Waals surface area contributed by atoms with Crippen LogP contribution in [0.4, 0.5) is 5.69 Å². The maximum atomic E-state index is 12.3. The summed E-state index contributed by atoms with van der Waals surface area (Å²) in [6.07, 6.45) is 0. The molecule has 96 valence electrons. The number of thiophene rings is 1. The lowest BCUT2D eigenvalue weighted by atomic mass is 10.2. The number of benzene rings is 1. The first-order chi connectivity index (χ1) is 9.15. The average molecular weight is 270 g/mol. The standard InChI is InChI=1S/C15H14N2OS/c1-10-4-3-5-11(8-10)16-15(18)13-9-14-12(17(13)2)6-7-19-14/h3-9H,1-2H3,(H,16,18). The van der Waals surface area contributed by atoms with Crippen molar-refractivity contribution >= 4 is 33.1 Å².